The number of nitrogen functional groups attached to an aromatic ring is 1. The van der Waals surface area contributed by atoms with Gasteiger partial charge in [-0.15, -0.1) is 0 Å². The van der Waals surface area contributed by atoms with E-state index >= 15 is 0 Å². The highest BCUT2D eigenvalue weighted by Crippen LogP contribution is 2.22. The number of ketones is 1. The van der Waals surface area contributed by atoms with Crippen LogP contribution < -0.4 is 5.73 Å². The first kappa shape index (κ1) is 27.3. The van der Waals surface area contributed by atoms with E-state index in [-0.39, 0.29) is 28.4 Å². The number of hydrogen-bond acceptors (Lipinski definition) is 6. The Morgan fingerprint density at radius 3 is 2.35 bits per heavy atom. The van der Waals surface area contributed by atoms with Gasteiger partial charge in [0.05, 0.1) is 17.0 Å². The number of rotatable bonds is 5. The van der Waals surface area contributed by atoms with E-state index in [1.807, 2.05) is 4.90 Å². The van der Waals surface area contributed by atoms with E-state index in [1.54, 1.807) is 6.92 Å². The summed E-state index contributed by atoms with van der Waals surface area (Å²) in [5.74, 6) is -0.558. The summed E-state index contributed by atoms with van der Waals surface area (Å²) in [4.78, 5) is 37.4. The standard InChI is InChI=1S/C20H16F2N4O.C8H13NO/c1-11-17(20(23)26-10-25-11)18(24-2)15-8-5-13(9-16(15)22)19(27)12-3-6-14(21)7-4-12;1-3-8(10)9-5-4-7(2)6-9/h3-10H,1-2H3,(H2,23,25,26);3,7H,1,4-6H2,2H3. The van der Waals surface area contributed by atoms with E-state index in [2.05, 4.69) is 28.5 Å². The van der Waals surface area contributed by atoms with Crippen molar-refractivity contribution in [1.29, 1.82) is 0 Å². The maximum Gasteiger partial charge on any atom is 0.245 e. The van der Waals surface area contributed by atoms with Gasteiger partial charge in [0.15, 0.2) is 5.78 Å². The zero-order valence-corrected chi connectivity index (χ0v) is 21.0. The van der Waals surface area contributed by atoms with Gasteiger partial charge in [-0.3, -0.25) is 14.6 Å². The van der Waals surface area contributed by atoms with Crippen molar-refractivity contribution in [1.82, 2.24) is 14.9 Å². The van der Waals surface area contributed by atoms with Crippen molar-refractivity contribution in [2.75, 3.05) is 25.9 Å². The molecular weight excluding hydrogens is 476 g/mol. The third-order valence-electron chi connectivity index (χ3n) is 6.03. The van der Waals surface area contributed by atoms with Crippen molar-refractivity contribution >= 4 is 23.2 Å². The quantitative estimate of drug-likeness (QED) is 0.315. The van der Waals surface area contributed by atoms with Crippen LogP contribution in [0.3, 0.4) is 0 Å². The van der Waals surface area contributed by atoms with Gasteiger partial charge in [-0.1, -0.05) is 19.6 Å². The van der Waals surface area contributed by atoms with E-state index in [9.17, 15) is 18.4 Å². The van der Waals surface area contributed by atoms with Crippen molar-refractivity contribution < 1.29 is 18.4 Å². The highest BCUT2D eigenvalue weighted by atomic mass is 19.1. The predicted octanol–water partition coefficient (Wildman–Crippen LogP) is 4.38. The van der Waals surface area contributed by atoms with Crippen LogP contribution in [0.2, 0.25) is 0 Å². The molecule has 1 aliphatic rings. The number of halogens is 2. The average Bonchev–Trinajstić information content (AvgIpc) is 3.33. The largest absolute Gasteiger partial charge is 0.383 e. The number of carbonyl (C=O) groups is 2. The molecule has 0 saturated carbocycles. The second kappa shape index (κ2) is 12.1. The summed E-state index contributed by atoms with van der Waals surface area (Å²) in [7, 11) is 1.51. The van der Waals surface area contributed by atoms with Crippen LogP contribution in [0, 0.1) is 24.5 Å². The fourth-order valence-corrected chi connectivity index (χ4v) is 4.03. The van der Waals surface area contributed by atoms with E-state index in [0.717, 1.165) is 25.6 Å². The Labute approximate surface area is 214 Å². The molecule has 0 aliphatic carbocycles. The molecule has 9 heteroatoms. The third-order valence-corrected chi connectivity index (χ3v) is 6.03. The molecule has 2 aromatic carbocycles. The lowest BCUT2D eigenvalue weighted by molar-refractivity contribution is -0.125. The molecule has 1 aliphatic heterocycles. The smallest absolute Gasteiger partial charge is 0.245 e. The lowest BCUT2D eigenvalue weighted by Gasteiger charge is -2.12. The average molecular weight is 506 g/mol. The number of hydrogen-bond donors (Lipinski definition) is 1. The van der Waals surface area contributed by atoms with Gasteiger partial charge in [0.2, 0.25) is 5.91 Å². The van der Waals surface area contributed by atoms with Crippen molar-refractivity contribution in [2.45, 2.75) is 20.3 Å². The highest BCUT2D eigenvalue weighted by Gasteiger charge is 2.21. The van der Waals surface area contributed by atoms with Crippen LogP contribution in [0.25, 0.3) is 0 Å². The molecule has 0 spiro atoms. The minimum Gasteiger partial charge on any atom is -0.383 e. The summed E-state index contributed by atoms with van der Waals surface area (Å²) in [6.07, 6.45) is 3.85. The fourth-order valence-electron chi connectivity index (χ4n) is 4.03. The number of aliphatic imine (C=N–C) groups is 1. The highest BCUT2D eigenvalue weighted by molar-refractivity contribution is 6.16. The molecule has 3 aromatic rings. The maximum atomic E-state index is 14.8. The first-order valence-corrected chi connectivity index (χ1v) is 11.7. The number of nitrogens with two attached hydrogens (primary N) is 1. The number of amides is 1. The second-order valence-electron chi connectivity index (χ2n) is 8.70. The van der Waals surface area contributed by atoms with Crippen LogP contribution in [-0.2, 0) is 4.79 Å². The molecule has 1 atom stereocenters. The van der Waals surface area contributed by atoms with Crippen LogP contribution in [0.1, 0.15) is 46.1 Å². The molecule has 7 nitrogen and oxygen atoms in total. The summed E-state index contributed by atoms with van der Waals surface area (Å²) in [5, 5.41) is 0. The minimum atomic E-state index is -0.633. The van der Waals surface area contributed by atoms with Gasteiger partial charge in [-0.05, 0) is 61.7 Å². The van der Waals surface area contributed by atoms with E-state index < -0.39 is 17.4 Å². The van der Waals surface area contributed by atoms with Crippen LogP contribution in [0.15, 0.2) is 66.4 Å². The van der Waals surface area contributed by atoms with Gasteiger partial charge in [0.25, 0.3) is 0 Å². The Balaban J connectivity index is 0.000000319. The van der Waals surface area contributed by atoms with E-state index in [0.29, 0.717) is 22.9 Å². The van der Waals surface area contributed by atoms with E-state index in [1.165, 1.54) is 55.8 Å². The summed E-state index contributed by atoms with van der Waals surface area (Å²) in [6.45, 7) is 9.14. The Bertz CT molecular complexity index is 1320. The molecule has 2 heterocycles. The number of aryl methyl sites for hydroxylation is 1. The van der Waals surface area contributed by atoms with E-state index in [4.69, 9.17) is 5.73 Å². The normalized spacial score (nSPS) is 15.1. The van der Waals surface area contributed by atoms with Gasteiger partial charge in [-0.2, -0.15) is 0 Å². The van der Waals surface area contributed by atoms with Crippen LogP contribution >= 0.6 is 0 Å². The fraction of sp³-hybridized carbons (Fsp3) is 0.250. The number of anilines is 1. The molecular formula is C28H29F2N5O2. The lowest BCUT2D eigenvalue weighted by Crippen LogP contribution is -2.26. The van der Waals surface area contributed by atoms with Crippen molar-refractivity contribution in [3.63, 3.8) is 0 Å². The van der Waals surface area contributed by atoms with Gasteiger partial charge in [-0.25, -0.2) is 18.7 Å². The molecule has 1 unspecified atom stereocenters. The van der Waals surface area contributed by atoms with Crippen LogP contribution in [0.4, 0.5) is 14.6 Å². The first-order valence-electron chi connectivity index (χ1n) is 11.7. The van der Waals surface area contributed by atoms with Gasteiger partial charge in [0.1, 0.15) is 23.8 Å². The number of likely N-dealkylation sites (tertiary alicyclic amines) is 1. The van der Waals surface area contributed by atoms with Crippen molar-refractivity contribution in [3.05, 3.63) is 101 Å². The zero-order valence-electron chi connectivity index (χ0n) is 21.0. The molecule has 1 saturated heterocycles. The Hall–Kier alpha value is -4.27. The number of aromatic nitrogens is 2. The molecule has 192 valence electrons. The second-order valence-corrected chi connectivity index (χ2v) is 8.70. The molecule has 4 rings (SSSR count). The SMILES string of the molecule is C=CC(=O)N1CCC(C)C1.CN=C(c1ccc(C(=O)c2ccc(F)cc2)cc1F)c1c(C)ncnc1N. The Morgan fingerprint density at radius 2 is 1.81 bits per heavy atom. The molecule has 1 aromatic heterocycles. The first-order chi connectivity index (χ1) is 17.7. The van der Waals surface area contributed by atoms with Gasteiger partial charge < -0.3 is 10.6 Å². The summed E-state index contributed by atoms with van der Waals surface area (Å²) >= 11 is 0. The molecule has 1 amide bonds. The lowest BCUT2D eigenvalue weighted by atomic mass is 9.97. The summed E-state index contributed by atoms with van der Waals surface area (Å²) in [5.41, 5.74) is 7.80. The third kappa shape index (κ3) is 6.49. The molecule has 0 radical (unpaired) electrons. The predicted molar refractivity (Wildman–Crippen MR) is 140 cm³/mol. The van der Waals surface area contributed by atoms with Crippen LogP contribution in [0.5, 0.6) is 0 Å². The Morgan fingerprint density at radius 1 is 1.14 bits per heavy atom. The zero-order chi connectivity index (χ0) is 27.1. The van der Waals surface area contributed by atoms with Crippen LogP contribution in [-0.4, -0.2) is 52.4 Å². The van der Waals surface area contributed by atoms with Gasteiger partial charge in [0, 0.05) is 36.8 Å². The number of carbonyl (C=O) groups excluding carboxylic acids is 2. The number of nitrogens with zero attached hydrogens (tertiary/aromatic N) is 4. The van der Waals surface area contributed by atoms with Gasteiger partial charge >= 0.3 is 0 Å². The van der Waals surface area contributed by atoms with Crippen molar-refractivity contribution in [3.8, 4) is 0 Å². The Kier molecular flexibility index (Phi) is 8.95. The van der Waals surface area contributed by atoms with Crippen molar-refractivity contribution in [2.24, 2.45) is 10.9 Å². The maximum absolute atomic E-state index is 14.8. The molecule has 0 bridgehead atoms. The molecule has 1 fully saturated rings. The topological polar surface area (TPSA) is 102 Å². The molecule has 37 heavy (non-hydrogen) atoms. The summed E-state index contributed by atoms with van der Waals surface area (Å²) in [6, 6.07) is 9.15. The minimum absolute atomic E-state index is 0.0735. The monoisotopic (exact) mass is 505 g/mol. The molecule has 2 N–H and O–H groups in total. The summed E-state index contributed by atoms with van der Waals surface area (Å²) < 4.78 is 27.8. The number of benzene rings is 2.